The maximum absolute atomic E-state index is 13.4. The fraction of sp³-hybridized carbons (Fsp3) is 0.321. The summed E-state index contributed by atoms with van der Waals surface area (Å²) in [6.45, 7) is 2.67. The first-order valence-electron chi connectivity index (χ1n) is 13.1. The number of piperidine rings is 1. The third kappa shape index (κ3) is 5.18. The van der Waals surface area contributed by atoms with Gasteiger partial charge in [-0.15, -0.1) is 0 Å². The van der Waals surface area contributed by atoms with Crippen molar-refractivity contribution in [1.29, 1.82) is 0 Å². The van der Waals surface area contributed by atoms with E-state index in [2.05, 4.69) is 24.3 Å². The van der Waals surface area contributed by atoms with Gasteiger partial charge in [-0.1, -0.05) is 48.0 Å². The summed E-state index contributed by atoms with van der Waals surface area (Å²) in [4.78, 5) is 24.5. The van der Waals surface area contributed by atoms with Crippen LogP contribution in [-0.2, 0) is 26.7 Å². The second-order valence-electron chi connectivity index (χ2n) is 10.3. The van der Waals surface area contributed by atoms with Crippen LogP contribution in [0.5, 0.6) is 0 Å². The molecule has 3 N–H and O–H groups in total. The van der Waals surface area contributed by atoms with Crippen molar-refractivity contribution in [1.82, 2.24) is 33.6 Å². The van der Waals surface area contributed by atoms with Crippen LogP contribution >= 0.6 is 23.1 Å². The molecule has 0 spiro atoms. The van der Waals surface area contributed by atoms with E-state index in [9.17, 15) is 9.90 Å². The third-order valence-electron chi connectivity index (χ3n) is 7.58. The molecule has 1 aliphatic heterocycles. The minimum Gasteiger partial charge on any atom is -0.388 e. The molecule has 1 saturated heterocycles. The van der Waals surface area contributed by atoms with Gasteiger partial charge in [-0.05, 0) is 41.6 Å². The van der Waals surface area contributed by atoms with Crippen molar-refractivity contribution in [2.24, 2.45) is 12.8 Å². The van der Waals surface area contributed by atoms with Gasteiger partial charge in [0.25, 0.3) is 5.56 Å². The van der Waals surface area contributed by atoms with Gasteiger partial charge in [0.15, 0.2) is 5.52 Å². The van der Waals surface area contributed by atoms with E-state index in [-0.39, 0.29) is 17.6 Å². The Morgan fingerprint density at radius 3 is 2.50 bits per heavy atom. The third-order valence-corrected chi connectivity index (χ3v) is 8.65. The predicted molar refractivity (Wildman–Crippen MR) is 156 cm³/mol. The van der Waals surface area contributed by atoms with Gasteiger partial charge in [-0.25, -0.2) is 9.97 Å². The SMILES string of the molecule is Cn1nc2c(=O)n(CC3(O)CCN(Cc4ccc(-c5ncns5)cc4Cl)CC3)cnc2c1-c1ccc(CN)cc1. The molecular weight excluding hydrogens is 548 g/mol. The van der Waals surface area contributed by atoms with E-state index < -0.39 is 5.60 Å². The van der Waals surface area contributed by atoms with Crippen LogP contribution in [0.15, 0.2) is 59.9 Å². The Morgan fingerprint density at radius 2 is 1.82 bits per heavy atom. The molecule has 12 heteroatoms. The van der Waals surface area contributed by atoms with Gasteiger partial charge in [0.1, 0.15) is 16.9 Å². The van der Waals surface area contributed by atoms with Crippen LogP contribution < -0.4 is 11.3 Å². The Morgan fingerprint density at radius 1 is 1.07 bits per heavy atom. The van der Waals surface area contributed by atoms with Crippen molar-refractivity contribution in [2.75, 3.05) is 13.1 Å². The van der Waals surface area contributed by atoms with Crippen LogP contribution in [0.4, 0.5) is 0 Å². The number of likely N-dealkylation sites (tertiary alicyclic amines) is 1. The van der Waals surface area contributed by atoms with Gasteiger partial charge in [-0.2, -0.15) is 9.47 Å². The molecule has 6 rings (SSSR count). The second-order valence-corrected chi connectivity index (χ2v) is 11.5. The number of fused-ring (bicyclic) bond motifs is 1. The molecule has 1 aliphatic rings. The quantitative estimate of drug-likeness (QED) is 0.301. The minimum atomic E-state index is -1.02. The first-order chi connectivity index (χ1) is 19.3. The molecule has 206 valence electrons. The summed E-state index contributed by atoms with van der Waals surface area (Å²) >= 11 is 7.92. The minimum absolute atomic E-state index is 0.164. The van der Waals surface area contributed by atoms with Gasteiger partial charge >= 0.3 is 0 Å². The topological polar surface area (TPSA) is 128 Å². The van der Waals surface area contributed by atoms with E-state index in [0.29, 0.717) is 49.6 Å². The number of aryl methyl sites for hydroxylation is 1. The first kappa shape index (κ1) is 26.7. The standard InChI is InChI=1S/C28H29ClN8O2S/c1-35-25(19-4-2-18(13-30)3-5-19)23-24(34-35)27(38)37(17-32-23)15-28(39)8-10-36(11-9-28)14-21-7-6-20(12-22(21)29)26-31-16-33-40-26/h2-7,12,16-17,39H,8-11,13-15,30H2,1H3. The van der Waals surface area contributed by atoms with E-state index in [1.54, 1.807) is 11.7 Å². The maximum atomic E-state index is 13.4. The zero-order valence-corrected chi connectivity index (χ0v) is 23.6. The highest BCUT2D eigenvalue weighted by Gasteiger charge is 2.33. The van der Waals surface area contributed by atoms with Crippen LogP contribution in [0.3, 0.4) is 0 Å². The summed E-state index contributed by atoms with van der Waals surface area (Å²) in [6, 6.07) is 13.8. The molecule has 10 nitrogen and oxygen atoms in total. The molecule has 4 heterocycles. The predicted octanol–water partition coefficient (Wildman–Crippen LogP) is 3.45. The monoisotopic (exact) mass is 576 g/mol. The number of hydrogen-bond acceptors (Lipinski definition) is 9. The summed E-state index contributed by atoms with van der Waals surface area (Å²) in [5.41, 5.74) is 9.95. The van der Waals surface area contributed by atoms with E-state index in [4.69, 9.17) is 17.3 Å². The largest absolute Gasteiger partial charge is 0.388 e. The molecule has 0 atom stereocenters. The van der Waals surface area contributed by atoms with Crippen molar-refractivity contribution in [3.8, 4) is 21.8 Å². The molecule has 0 saturated carbocycles. The number of aromatic nitrogens is 6. The zero-order valence-electron chi connectivity index (χ0n) is 22.0. The Bertz CT molecular complexity index is 1710. The molecule has 5 aromatic rings. The Hall–Kier alpha value is -3.48. The summed E-state index contributed by atoms with van der Waals surface area (Å²) < 4.78 is 7.21. The van der Waals surface area contributed by atoms with Crippen molar-refractivity contribution in [3.63, 3.8) is 0 Å². The molecule has 40 heavy (non-hydrogen) atoms. The normalized spacial score (nSPS) is 15.6. The average molecular weight is 577 g/mol. The lowest BCUT2D eigenvalue weighted by molar-refractivity contribution is -0.0364. The Balaban J connectivity index is 1.14. The highest BCUT2D eigenvalue weighted by molar-refractivity contribution is 7.09. The summed E-state index contributed by atoms with van der Waals surface area (Å²) in [6.07, 6.45) is 4.11. The van der Waals surface area contributed by atoms with Crippen molar-refractivity contribution in [3.05, 3.63) is 81.6 Å². The average Bonchev–Trinajstić information content (AvgIpc) is 3.61. The van der Waals surface area contributed by atoms with Crippen LogP contribution in [-0.4, -0.2) is 57.4 Å². The van der Waals surface area contributed by atoms with Gasteiger partial charge in [0.05, 0.1) is 24.2 Å². The van der Waals surface area contributed by atoms with Gasteiger partial charge in [0.2, 0.25) is 0 Å². The van der Waals surface area contributed by atoms with Crippen LogP contribution in [0.25, 0.3) is 32.9 Å². The molecule has 0 aliphatic carbocycles. The van der Waals surface area contributed by atoms with Crippen molar-refractivity contribution >= 4 is 34.2 Å². The number of rotatable bonds is 7. The van der Waals surface area contributed by atoms with Crippen molar-refractivity contribution in [2.45, 2.75) is 38.1 Å². The molecular formula is C28H29ClN8O2S. The highest BCUT2D eigenvalue weighted by atomic mass is 35.5. The van der Waals surface area contributed by atoms with E-state index in [1.165, 1.54) is 28.8 Å². The number of benzene rings is 2. The smallest absolute Gasteiger partial charge is 0.281 e. The Kier molecular flexibility index (Phi) is 7.24. The highest BCUT2D eigenvalue weighted by Crippen LogP contribution is 2.30. The fourth-order valence-electron chi connectivity index (χ4n) is 5.28. The molecule has 3 aromatic heterocycles. The number of nitrogens with zero attached hydrogens (tertiary/aromatic N) is 7. The number of nitrogens with two attached hydrogens (primary N) is 1. The zero-order chi connectivity index (χ0) is 27.9. The van der Waals surface area contributed by atoms with E-state index in [0.717, 1.165) is 33.0 Å². The molecule has 1 fully saturated rings. The number of hydrogen-bond donors (Lipinski definition) is 2. The number of halogens is 1. The van der Waals surface area contributed by atoms with Crippen molar-refractivity contribution < 1.29 is 5.11 Å². The summed E-state index contributed by atoms with van der Waals surface area (Å²) in [5.74, 6) is 0. The lowest BCUT2D eigenvalue weighted by atomic mass is 9.91. The van der Waals surface area contributed by atoms with Crippen LogP contribution in [0.1, 0.15) is 24.0 Å². The molecule has 0 bridgehead atoms. The van der Waals surface area contributed by atoms with Gasteiger partial charge in [0, 0.05) is 49.4 Å². The molecule has 0 unspecified atom stereocenters. The number of aliphatic hydroxyl groups is 1. The van der Waals surface area contributed by atoms with E-state index >= 15 is 0 Å². The van der Waals surface area contributed by atoms with E-state index in [1.807, 2.05) is 42.5 Å². The Labute approximate surface area is 239 Å². The first-order valence-corrected chi connectivity index (χ1v) is 14.2. The maximum Gasteiger partial charge on any atom is 0.281 e. The summed E-state index contributed by atoms with van der Waals surface area (Å²) in [7, 11) is 1.80. The lowest BCUT2D eigenvalue weighted by Crippen LogP contribution is -2.47. The van der Waals surface area contributed by atoms with Gasteiger partial charge in [-0.3, -0.25) is 18.9 Å². The second kappa shape index (κ2) is 10.8. The van der Waals surface area contributed by atoms with Crippen LogP contribution in [0.2, 0.25) is 5.02 Å². The molecule has 2 aromatic carbocycles. The lowest BCUT2D eigenvalue weighted by Gasteiger charge is -2.38. The van der Waals surface area contributed by atoms with Crippen LogP contribution in [0, 0.1) is 0 Å². The summed E-state index contributed by atoms with van der Waals surface area (Å²) in [5, 5.41) is 17.4. The molecule has 0 amide bonds. The van der Waals surface area contributed by atoms with Gasteiger partial charge < -0.3 is 10.8 Å². The molecule has 0 radical (unpaired) electrons. The fourth-order valence-corrected chi connectivity index (χ4v) is 6.04.